The van der Waals surface area contributed by atoms with Gasteiger partial charge in [0.25, 0.3) is 5.91 Å². The highest BCUT2D eigenvalue weighted by Crippen LogP contribution is 2.31. The summed E-state index contributed by atoms with van der Waals surface area (Å²) >= 11 is 0. The van der Waals surface area contributed by atoms with Crippen LogP contribution in [0.2, 0.25) is 0 Å². The van der Waals surface area contributed by atoms with Gasteiger partial charge in [-0.3, -0.25) is 14.4 Å². The highest BCUT2D eigenvalue weighted by atomic mass is 16.7. The van der Waals surface area contributed by atoms with Crippen molar-refractivity contribution in [2.75, 3.05) is 27.2 Å². The third-order valence-corrected chi connectivity index (χ3v) is 2.84. The number of hydroxylamine groups is 2. The van der Waals surface area contributed by atoms with E-state index in [4.69, 9.17) is 4.84 Å². The van der Waals surface area contributed by atoms with E-state index in [0.717, 1.165) is 5.06 Å². The molecule has 6 nitrogen and oxygen atoms in total. The van der Waals surface area contributed by atoms with E-state index in [1.807, 2.05) is 0 Å². The van der Waals surface area contributed by atoms with Crippen LogP contribution in [0.1, 0.15) is 12.8 Å². The number of carbonyl (C=O) groups is 2. The molecule has 0 atom stereocenters. The van der Waals surface area contributed by atoms with Gasteiger partial charge in [0.15, 0.2) is 5.41 Å². The van der Waals surface area contributed by atoms with E-state index in [2.05, 4.69) is 5.32 Å². The van der Waals surface area contributed by atoms with Crippen LogP contribution in [0.25, 0.3) is 0 Å². The maximum Gasteiger partial charge on any atom is 0.319 e. The number of nitrogens with zero attached hydrogens (tertiary/aromatic N) is 1. The summed E-state index contributed by atoms with van der Waals surface area (Å²) in [6.45, 7) is 1.07. The summed E-state index contributed by atoms with van der Waals surface area (Å²) in [5.74, 6) is -1.56. The average molecular weight is 216 g/mol. The van der Waals surface area contributed by atoms with E-state index in [-0.39, 0.29) is 0 Å². The first-order valence-electron chi connectivity index (χ1n) is 4.81. The number of aliphatic carboxylic acids is 1. The zero-order valence-electron chi connectivity index (χ0n) is 8.95. The Balaban J connectivity index is 2.90. The molecule has 6 heteroatoms. The van der Waals surface area contributed by atoms with E-state index in [1.165, 1.54) is 14.2 Å². The molecule has 0 spiro atoms. The summed E-state index contributed by atoms with van der Waals surface area (Å²) in [5.41, 5.74) is -1.32. The topological polar surface area (TPSA) is 78.9 Å². The number of carboxylic acids is 1. The number of piperidine rings is 1. The number of rotatable bonds is 3. The molecule has 1 amide bonds. The molecule has 15 heavy (non-hydrogen) atoms. The van der Waals surface area contributed by atoms with E-state index < -0.39 is 17.3 Å². The smallest absolute Gasteiger partial charge is 0.319 e. The number of nitrogens with one attached hydrogen (secondary N) is 1. The van der Waals surface area contributed by atoms with Gasteiger partial charge in [-0.15, -0.1) is 0 Å². The van der Waals surface area contributed by atoms with Crippen LogP contribution in [-0.4, -0.2) is 49.3 Å². The Morgan fingerprint density at radius 3 is 2.33 bits per heavy atom. The summed E-state index contributed by atoms with van der Waals surface area (Å²) in [6.07, 6.45) is 0.601. The lowest BCUT2D eigenvalue weighted by atomic mass is 9.78. The van der Waals surface area contributed by atoms with Crippen molar-refractivity contribution in [2.45, 2.75) is 12.8 Å². The Hall–Kier alpha value is -1.14. The molecule has 0 aromatic heterocycles. The first-order chi connectivity index (χ1) is 7.04. The molecule has 0 saturated carbocycles. The second-order valence-corrected chi connectivity index (χ2v) is 3.62. The van der Waals surface area contributed by atoms with Crippen LogP contribution in [0.4, 0.5) is 0 Å². The van der Waals surface area contributed by atoms with Gasteiger partial charge in [0.05, 0.1) is 7.11 Å². The third kappa shape index (κ3) is 2.10. The van der Waals surface area contributed by atoms with Gasteiger partial charge in [-0.1, -0.05) is 0 Å². The van der Waals surface area contributed by atoms with Crippen molar-refractivity contribution in [3.63, 3.8) is 0 Å². The Morgan fingerprint density at radius 2 is 1.93 bits per heavy atom. The Labute approximate surface area is 88.1 Å². The van der Waals surface area contributed by atoms with E-state index in [9.17, 15) is 14.7 Å². The monoisotopic (exact) mass is 216 g/mol. The Bertz CT molecular complexity index is 261. The molecule has 0 radical (unpaired) electrons. The minimum Gasteiger partial charge on any atom is -0.480 e. The highest BCUT2D eigenvalue weighted by molar-refractivity contribution is 6.01. The lowest BCUT2D eigenvalue weighted by Crippen LogP contribution is -2.52. The molecule has 0 aromatic carbocycles. The molecular weight excluding hydrogens is 200 g/mol. The fraction of sp³-hybridized carbons (Fsp3) is 0.778. The number of amides is 1. The van der Waals surface area contributed by atoms with Crippen LogP contribution in [0.3, 0.4) is 0 Å². The molecule has 0 bridgehead atoms. The number of hydrogen-bond acceptors (Lipinski definition) is 4. The van der Waals surface area contributed by atoms with Crippen molar-refractivity contribution in [1.82, 2.24) is 10.4 Å². The van der Waals surface area contributed by atoms with Crippen LogP contribution in [0.5, 0.6) is 0 Å². The van der Waals surface area contributed by atoms with Gasteiger partial charge in [0.2, 0.25) is 0 Å². The van der Waals surface area contributed by atoms with E-state index in [0.29, 0.717) is 25.9 Å². The van der Waals surface area contributed by atoms with Gasteiger partial charge in [-0.05, 0) is 25.9 Å². The number of hydrogen-bond donors (Lipinski definition) is 2. The van der Waals surface area contributed by atoms with Gasteiger partial charge in [0.1, 0.15) is 0 Å². The van der Waals surface area contributed by atoms with Crippen LogP contribution < -0.4 is 5.32 Å². The molecule has 1 fully saturated rings. The second kappa shape index (κ2) is 4.59. The second-order valence-electron chi connectivity index (χ2n) is 3.62. The molecule has 1 saturated heterocycles. The quantitative estimate of drug-likeness (QED) is 0.489. The molecule has 1 rings (SSSR count). The zero-order valence-corrected chi connectivity index (χ0v) is 8.95. The minimum atomic E-state index is -1.32. The summed E-state index contributed by atoms with van der Waals surface area (Å²) < 4.78 is 0. The van der Waals surface area contributed by atoms with E-state index in [1.54, 1.807) is 0 Å². The SMILES string of the molecule is CON(C)C(=O)C1(C(=O)O)CCNCC1. The van der Waals surface area contributed by atoms with Gasteiger partial charge < -0.3 is 10.4 Å². The van der Waals surface area contributed by atoms with Crippen molar-refractivity contribution in [2.24, 2.45) is 5.41 Å². The maximum atomic E-state index is 11.9. The highest BCUT2D eigenvalue weighted by Gasteiger charge is 2.48. The number of carboxylic acid groups (broad SMARTS) is 1. The van der Waals surface area contributed by atoms with Gasteiger partial charge in [-0.25, -0.2) is 5.06 Å². The van der Waals surface area contributed by atoms with E-state index >= 15 is 0 Å². The molecule has 0 aliphatic carbocycles. The first kappa shape index (κ1) is 11.9. The average Bonchev–Trinajstić information content (AvgIpc) is 2.27. The van der Waals surface area contributed by atoms with Crippen molar-refractivity contribution >= 4 is 11.9 Å². The predicted octanol–water partition coefficient (Wildman–Crippen LogP) is -0.539. The zero-order chi connectivity index (χ0) is 11.5. The van der Waals surface area contributed by atoms with Gasteiger partial charge in [0, 0.05) is 7.05 Å². The summed E-state index contributed by atoms with van der Waals surface area (Å²) in [4.78, 5) is 27.8. The first-order valence-corrected chi connectivity index (χ1v) is 4.81. The minimum absolute atomic E-state index is 0.300. The lowest BCUT2D eigenvalue weighted by Gasteiger charge is -2.34. The predicted molar refractivity (Wildman–Crippen MR) is 52.0 cm³/mol. The molecule has 0 unspecified atom stereocenters. The molecule has 0 aromatic rings. The van der Waals surface area contributed by atoms with Crippen LogP contribution in [0.15, 0.2) is 0 Å². The van der Waals surface area contributed by atoms with Crippen LogP contribution in [0, 0.1) is 5.41 Å². The molecule has 1 heterocycles. The lowest BCUT2D eigenvalue weighted by molar-refractivity contribution is -0.188. The molecule has 2 N–H and O–H groups in total. The maximum absolute atomic E-state index is 11.9. The summed E-state index contributed by atoms with van der Waals surface area (Å²) in [6, 6.07) is 0. The van der Waals surface area contributed by atoms with Crippen molar-refractivity contribution < 1.29 is 19.5 Å². The van der Waals surface area contributed by atoms with Crippen molar-refractivity contribution in [3.8, 4) is 0 Å². The standard InChI is InChI=1S/C9H16N2O4/c1-11(15-2)7(12)9(8(13)14)3-5-10-6-4-9/h10H,3-6H2,1-2H3,(H,13,14). The molecule has 86 valence electrons. The van der Waals surface area contributed by atoms with Gasteiger partial charge in [-0.2, -0.15) is 0 Å². The van der Waals surface area contributed by atoms with Gasteiger partial charge >= 0.3 is 5.97 Å². The van der Waals surface area contributed by atoms with Crippen LogP contribution >= 0.6 is 0 Å². The summed E-state index contributed by atoms with van der Waals surface area (Å²) in [5, 5.41) is 13.2. The Kier molecular flexibility index (Phi) is 3.65. The fourth-order valence-corrected chi connectivity index (χ4v) is 1.76. The van der Waals surface area contributed by atoms with Crippen LogP contribution in [-0.2, 0) is 14.4 Å². The normalized spacial score (nSPS) is 19.6. The molecule has 1 aliphatic heterocycles. The molecule has 1 aliphatic rings. The largest absolute Gasteiger partial charge is 0.480 e. The Morgan fingerprint density at radius 1 is 1.40 bits per heavy atom. The third-order valence-electron chi connectivity index (χ3n) is 2.84. The number of carbonyl (C=O) groups excluding carboxylic acids is 1. The molecular formula is C9H16N2O4. The summed E-state index contributed by atoms with van der Waals surface area (Å²) in [7, 11) is 2.77. The van der Waals surface area contributed by atoms with Crippen molar-refractivity contribution in [3.05, 3.63) is 0 Å². The van der Waals surface area contributed by atoms with Crippen molar-refractivity contribution in [1.29, 1.82) is 0 Å². The fourth-order valence-electron chi connectivity index (χ4n) is 1.76.